The maximum absolute atomic E-state index is 12.5. The number of piperazine rings is 1. The molecule has 0 aliphatic carbocycles. The van der Waals surface area contributed by atoms with Gasteiger partial charge in [-0.1, -0.05) is 19.4 Å². The Labute approximate surface area is 141 Å². The van der Waals surface area contributed by atoms with Gasteiger partial charge in [-0.05, 0) is 24.1 Å². The summed E-state index contributed by atoms with van der Waals surface area (Å²) in [6.45, 7) is 4.64. The summed E-state index contributed by atoms with van der Waals surface area (Å²) in [5, 5.41) is 0. The SMILES string of the molecule is CCCCC(=O)N1CCN(C(=O)Cc2ccc3nc[nH]c3c2)CC1. The van der Waals surface area contributed by atoms with Crippen LogP contribution in [0.2, 0.25) is 0 Å². The van der Waals surface area contributed by atoms with E-state index in [4.69, 9.17) is 0 Å². The maximum Gasteiger partial charge on any atom is 0.227 e. The number of carbonyl (C=O) groups excluding carboxylic acids is 2. The van der Waals surface area contributed by atoms with Crippen molar-refractivity contribution >= 4 is 22.8 Å². The minimum absolute atomic E-state index is 0.120. The molecule has 2 heterocycles. The third-order valence-electron chi connectivity index (χ3n) is 4.57. The zero-order valence-electron chi connectivity index (χ0n) is 14.1. The number of hydrogen-bond donors (Lipinski definition) is 1. The lowest BCUT2D eigenvalue weighted by Gasteiger charge is -2.35. The number of aromatic amines is 1. The molecule has 0 radical (unpaired) electrons. The molecule has 6 nitrogen and oxygen atoms in total. The van der Waals surface area contributed by atoms with Crippen LogP contribution < -0.4 is 0 Å². The summed E-state index contributed by atoms with van der Waals surface area (Å²) >= 11 is 0. The molecule has 1 aromatic carbocycles. The van der Waals surface area contributed by atoms with Crippen LogP contribution >= 0.6 is 0 Å². The van der Waals surface area contributed by atoms with E-state index in [9.17, 15) is 9.59 Å². The molecule has 24 heavy (non-hydrogen) atoms. The minimum Gasteiger partial charge on any atom is -0.345 e. The fourth-order valence-corrected chi connectivity index (χ4v) is 3.07. The van der Waals surface area contributed by atoms with E-state index in [0.29, 0.717) is 39.0 Å². The van der Waals surface area contributed by atoms with Crippen LogP contribution in [0.4, 0.5) is 0 Å². The van der Waals surface area contributed by atoms with Crippen LogP contribution in [0, 0.1) is 0 Å². The molecule has 3 rings (SSSR count). The molecular weight excluding hydrogens is 304 g/mol. The lowest BCUT2D eigenvalue weighted by Crippen LogP contribution is -2.50. The van der Waals surface area contributed by atoms with E-state index in [-0.39, 0.29) is 11.8 Å². The average Bonchev–Trinajstić information content (AvgIpc) is 3.07. The summed E-state index contributed by atoms with van der Waals surface area (Å²) in [7, 11) is 0. The molecule has 1 saturated heterocycles. The Bertz CT molecular complexity index is 717. The number of fused-ring (bicyclic) bond motifs is 1. The van der Waals surface area contributed by atoms with Crippen molar-refractivity contribution in [3.63, 3.8) is 0 Å². The molecule has 0 atom stereocenters. The molecule has 1 fully saturated rings. The number of unbranched alkanes of at least 4 members (excludes halogenated alkanes) is 1. The van der Waals surface area contributed by atoms with E-state index < -0.39 is 0 Å². The highest BCUT2D eigenvalue weighted by molar-refractivity contribution is 5.82. The molecular formula is C18H24N4O2. The van der Waals surface area contributed by atoms with Gasteiger partial charge in [0.1, 0.15) is 0 Å². The average molecular weight is 328 g/mol. The summed E-state index contributed by atoms with van der Waals surface area (Å²) in [4.78, 5) is 35.5. The van der Waals surface area contributed by atoms with Crippen molar-refractivity contribution in [1.82, 2.24) is 19.8 Å². The monoisotopic (exact) mass is 328 g/mol. The number of hydrogen-bond acceptors (Lipinski definition) is 3. The predicted octanol–water partition coefficient (Wildman–Crippen LogP) is 1.97. The number of amides is 2. The third kappa shape index (κ3) is 3.75. The van der Waals surface area contributed by atoms with Gasteiger partial charge in [-0.15, -0.1) is 0 Å². The highest BCUT2D eigenvalue weighted by atomic mass is 16.2. The number of H-pyrrole nitrogens is 1. The Morgan fingerprint density at radius 1 is 1.12 bits per heavy atom. The highest BCUT2D eigenvalue weighted by Gasteiger charge is 2.23. The maximum atomic E-state index is 12.5. The standard InChI is InChI=1S/C18H24N4O2/c1-2-3-4-17(23)21-7-9-22(10-8-21)18(24)12-14-5-6-15-16(11-14)20-13-19-15/h5-6,11,13H,2-4,7-10,12H2,1H3,(H,19,20). The Kier molecular flexibility index (Phi) is 5.13. The van der Waals surface area contributed by atoms with Crippen molar-refractivity contribution in [3.05, 3.63) is 30.1 Å². The zero-order valence-corrected chi connectivity index (χ0v) is 14.1. The second kappa shape index (κ2) is 7.47. The van der Waals surface area contributed by atoms with E-state index in [1.807, 2.05) is 28.0 Å². The molecule has 0 bridgehead atoms. The Morgan fingerprint density at radius 3 is 2.54 bits per heavy atom. The molecule has 1 N–H and O–H groups in total. The van der Waals surface area contributed by atoms with Crippen LogP contribution in [0.3, 0.4) is 0 Å². The zero-order chi connectivity index (χ0) is 16.9. The molecule has 6 heteroatoms. The van der Waals surface area contributed by atoms with Gasteiger partial charge in [0.2, 0.25) is 11.8 Å². The van der Waals surface area contributed by atoms with E-state index in [1.165, 1.54) is 0 Å². The number of carbonyl (C=O) groups is 2. The number of nitrogens with zero attached hydrogens (tertiary/aromatic N) is 3. The van der Waals surface area contributed by atoms with Crippen LogP contribution in [0.15, 0.2) is 24.5 Å². The lowest BCUT2D eigenvalue weighted by molar-refractivity contribution is -0.139. The lowest BCUT2D eigenvalue weighted by atomic mass is 10.1. The molecule has 0 unspecified atom stereocenters. The molecule has 2 aromatic rings. The van der Waals surface area contributed by atoms with Crippen LogP contribution in [0.1, 0.15) is 31.7 Å². The number of aromatic nitrogens is 2. The molecule has 0 spiro atoms. The van der Waals surface area contributed by atoms with Gasteiger partial charge < -0.3 is 14.8 Å². The van der Waals surface area contributed by atoms with Crippen molar-refractivity contribution in [1.29, 1.82) is 0 Å². The van der Waals surface area contributed by atoms with E-state index >= 15 is 0 Å². The fraction of sp³-hybridized carbons (Fsp3) is 0.500. The van der Waals surface area contributed by atoms with Crippen molar-refractivity contribution in [3.8, 4) is 0 Å². The van der Waals surface area contributed by atoms with Gasteiger partial charge in [-0.3, -0.25) is 9.59 Å². The topological polar surface area (TPSA) is 69.3 Å². The molecule has 1 aliphatic rings. The first-order valence-corrected chi connectivity index (χ1v) is 8.65. The van der Waals surface area contributed by atoms with Gasteiger partial charge in [-0.25, -0.2) is 4.98 Å². The second-order valence-corrected chi connectivity index (χ2v) is 6.30. The molecule has 0 saturated carbocycles. The summed E-state index contributed by atoms with van der Waals surface area (Å²) in [6.07, 6.45) is 4.64. The summed E-state index contributed by atoms with van der Waals surface area (Å²) in [5.41, 5.74) is 2.84. The smallest absolute Gasteiger partial charge is 0.227 e. The van der Waals surface area contributed by atoms with Gasteiger partial charge in [-0.2, -0.15) is 0 Å². The normalized spacial score (nSPS) is 15.0. The summed E-state index contributed by atoms with van der Waals surface area (Å²) in [5.74, 6) is 0.336. The highest BCUT2D eigenvalue weighted by Crippen LogP contribution is 2.14. The van der Waals surface area contributed by atoms with Gasteiger partial charge in [0.05, 0.1) is 23.8 Å². The van der Waals surface area contributed by atoms with Crippen molar-refractivity contribution in [2.45, 2.75) is 32.6 Å². The van der Waals surface area contributed by atoms with E-state index in [1.54, 1.807) is 6.33 Å². The van der Waals surface area contributed by atoms with Gasteiger partial charge >= 0.3 is 0 Å². The van der Waals surface area contributed by atoms with Gasteiger partial charge in [0.15, 0.2) is 0 Å². The van der Waals surface area contributed by atoms with E-state index in [0.717, 1.165) is 29.4 Å². The van der Waals surface area contributed by atoms with E-state index in [2.05, 4.69) is 16.9 Å². The first-order chi connectivity index (χ1) is 11.7. The molecule has 128 valence electrons. The molecule has 2 amide bonds. The number of imidazole rings is 1. The van der Waals surface area contributed by atoms with Crippen LogP contribution in [0.25, 0.3) is 11.0 Å². The van der Waals surface area contributed by atoms with Gasteiger partial charge in [0, 0.05) is 32.6 Å². The number of benzene rings is 1. The minimum atomic E-state index is 0.120. The quantitative estimate of drug-likeness (QED) is 0.912. The number of nitrogens with one attached hydrogen (secondary N) is 1. The Morgan fingerprint density at radius 2 is 1.83 bits per heavy atom. The molecule has 1 aliphatic heterocycles. The van der Waals surface area contributed by atoms with Crippen LogP contribution in [0.5, 0.6) is 0 Å². The van der Waals surface area contributed by atoms with Crippen molar-refractivity contribution in [2.24, 2.45) is 0 Å². The van der Waals surface area contributed by atoms with Crippen molar-refractivity contribution < 1.29 is 9.59 Å². The summed E-state index contributed by atoms with van der Waals surface area (Å²) < 4.78 is 0. The third-order valence-corrected chi connectivity index (χ3v) is 4.57. The largest absolute Gasteiger partial charge is 0.345 e. The van der Waals surface area contributed by atoms with Crippen LogP contribution in [-0.2, 0) is 16.0 Å². The van der Waals surface area contributed by atoms with Gasteiger partial charge in [0.25, 0.3) is 0 Å². The first kappa shape index (κ1) is 16.5. The number of rotatable bonds is 5. The molecule has 1 aromatic heterocycles. The first-order valence-electron chi connectivity index (χ1n) is 8.65. The Hall–Kier alpha value is -2.37. The summed E-state index contributed by atoms with van der Waals surface area (Å²) in [6, 6.07) is 5.86. The second-order valence-electron chi connectivity index (χ2n) is 6.30. The fourth-order valence-electron chi connectivity index (χ4n) is 3.07. The van der Waals surface area contributed by atoms with Crippen molar-refractivity contribution in [2.75, 3.05) is 26.2 Å². The van der Waals surface area contributed by atoms with Crippen LogP contribution in [-0.4, -0.2) is 57.8 Å². The Balaban J connectivity index is 1.52. The predicted molar refractivity (Wildman–Crippen MR) is 92.5 cm³/mol.